The van der Waals surface area contributed by atoms with Crippen LogP contribution in [-0.2, 0) is 9.53 Å². The molecule has 0 saturated heterocycles. The van der Waals surface area contributed by atoms with E-state index in [0.29, 0.717) is 27.9 Å². The molecule has 0 saturated carbocycles. The standard InChI is InChI=1S/C26H21N3O6/c1-16-7-10-18(13-24(16)29(32)33)27-25(30)15-35-26(31)21-14-23(17-8-11-19(34-2)12-9-17)28-22-6-4-3-5-20(21)22/h3-14H,15H2,1-2H3,(H,27,30). The Morgan fingerprint density at radius 1 is 1.03 bits per heavy atom. The Balaban J connectivity index is 1.53. The number of anilines is 1. The Bertz CT molecular complexity index is 1430. The molecule has 0 aliphatic heterocycles. The van der Waals surface area contributed by atoms with Crippen LogP contribution in [0, 0.1) is 17.0 Å². The first kappa shape index (κ1) is 23.4. The minimum absolute atomic E-state index is 0.117. The van der Waals surface area contributed by atoms with Crippen molar-refractivity contribution in [2.45, 2.75) is 6.92 Å². The summed E-state index contributed by atoms with van der Waals surface area (Å²) >= 11 is 0. The molecule has 0 atom stereocenters. The molecule has 0 bridgehead atoms. The van der Waals surface area contributed by atoms with Gasteiger partial charge in [0.1, 0.15) is 5.75 Å². The summed E-state index contributed by atoms with van der Waals surface area (Å²) in [6.45, 7) is 1.04. The molecule has 9 heteroatoms. The predicted molar refractivity (Wildman–Crippen MR) is 130 cm³/mol. The minimum Gasteiger partial charge on any atom is -0.497 e. The van der Waals surface area contributed by atoms with Crippen molar-refractivity contribution in [1.82, 2.24) is 4.98 Å². The fourth-order valence-corrected chi connectivity index (χ4v) is 3.54. The van der Waals surface area contributed by atoms with Gasteiger partial charge in [-0.3, -0.25) is 14.9 Å². The van der Waals surface area contributed by atoms with Crippen LogP contribution in [0.2, 0.25) is 0 Å². The van der Waals surface area contributed by atoms with E-state index in [1.165, 1.54) is 12.1 Å². The smallest absolute Gasteiger partial charge is 0.339 e. The molecule has 0 radical (unpaired) electrons. The highest BCUT2D eigenvalue weighted by Gasteiger charge is 2.18. The van der Waals surface area contributed by atoms with Gasteiger partial charge in [0.25, 0.3) is 11.6 Å². The first-order valence-corrected chi connectivity index (χ1v) is 10.6. The summed E-state index contributed by atoms with van der Waals surface area (Å²) in [5.74, 6) is -0.618. The topological polar surface area (TPSA) is 121 Å². The third kappa shape index (κ3) is 5.25. The molecular weight excluding hydrogens is 450 g/mol. The van der Waals surface area contributed by atoms with Crippen LogP contribution in [0.5, 0.6) is 5.75 Å². The van der Waals surface area contributed by atoms with E-state index in [0.717, 1.165) is 5.56 Å². The van der Waals surface area contributed by atoms with Crippen LogP contribution in [-0.4, -0.2) is 35.5 Å². The maximum atomic E-state index is 12.9. The highest BCUT2D eigenvalue weighted by Crippen LogP contribution is 2.27. The van der Waals surface area contributed by atoms with Crippen molar-refractivity contribution in [3.8, 4) is 17.0 Å². The van der Waals surface area contributed by atoms with Crippen molar-refractivity contribution in [2.24, 2.45) is 0 Å². The molecule has 35 heavy (non-hydrogen) atoms. The van der Waals surface area contributed by atoms with Gasteiger partial charge in [-0.15, -0.1) is 0 Å². The predicted octanol–water partition coefficient (Wildman–Crippen LogP) is 4.92. The second kappa shape index (κ2) is 10.0. The zero-order valence-corrected chi connectivity index (χ0v) is 19.0. The SMILES string of the molecule is COc1ccc(-c2cc(C(=O)OCC(=O)Nc3ccc(C)c([N+](=O)[O-])c3)c3ccccc3n2)cc1. The van der Waals surface area contributed by atoms with E-state index in [1.807, 2.05) is 18.2 Å². The first-order chi connectivity index (χ1) is 16.9. The summed E-state index contributed by atoms with van der Waals surface area (Å²) in [6.07, 6.45) is 0. The third-order valence-corrected chi connectivity index (χ3v) is 5.35. The van der Waals surface area contributed by atoms with E-state index < -0.39 is 23.4 Å². The van der Waals surface area contributed by atoms with Gasteiger partial charge in [0.05, 0.1) is 28.8 Å². The lowest BCUT2D eigenvalue weighted by atomic mass is 10.0. The van der Waals surface area contributed by atoms with Crippen LogP contribution in [0.15, 0.2) is 72.8 Å². The number of nitro benzene ring substituents is 1. The molecule has 1 amide bonds. The minimum atomic E-state index is -0.691. The largest absolute Gasteiger partial charge is 0.497 e. The molecule has 176 valence electrons. The number of nitro groups is 1. The number of hydrogen-bond acceptors (Lipinski definition) is 7. The molecule has 9 nitrogen and oxygen atoms in total. The summed E-state index contributed by atoms with van der Waals surface area (Å²) in [6, 6.07) is 20.3. The zero-order valence-electron chi connectivity index (χ0n) is 19.0. The summed E-state index contributed by atoms with van der Waals surface area (Å²) in [4.78, 5) is 40.5. The molecular formula is C26H21N3O6. The quantitative estimate of drug-likeness (QED) is 0.231. The van der Waals surface area contributed by atoms with Gasteiger partial charge in [0.2, 0.25) is 0 Å². The van der Waals surface area contributed by atoms with Gasteiger partial charge in [-0.05, 0) is 49.4 Å². The van der Waals surface area contributed by atoms with Gasteiger partial charge in [-0.1, -0.05) is 24.3 Å². The number of hydrogen-bond donors (Lipinski definition) is 1. The van der Waals surface area contributed by atoms with Gasteiger partial charge in [-0.25, -0.2) is 9.78 Å². The number of nitrogens with zero attached hydrogens (tertiary/aromatic N) is 2. The number of fused-ring (bicyclic) bond motifs is 1. The Morgan fingerprint density at radius 3 is 2.49 bits per heavy atom. The molecule has 0 aliphatic carbocycles. The monoisotopic (exact) mass is 471 g/mol. The maximum Gasteiger partial charge on any atom is 0.339 e. The second-order valence-corrected chi connectivity index (χ2v) is 7.68. The van der Waals surface area contributed by atoms with Crippen LogP contribution in [0.4, 0.5) is 11.4 Å². The molecule has 4 aromatic rings. The van der Waals surface area contributed by atoms with E-state index in [2.05, 4.69) is 10.3 Å². The van der Waals surface area contributed by atoms with Crippen molar-refractivity contribution in [3.63, 3.8) is 0 Å². The molecule has 0 spiro atoms. The van der Waals surface area contributed by atoms with Gasteiger partial charge in [0, 0.05) is 28.3 Å². The molecule has 1 heterocycles. The number of aromatic nitrogens is 1. The van der Waals surface area contributed by atoms with Crippen LogP contribution in [0.3, 0.4) is 0 Å². The number of benzene rings is 3. The Morgan fingerprint density at radius 2 is 1.77 bits per heavy atom. The number of methoxy groups -OCH3 is 1. The molecule has 1 aromatic heterocycles. The summed E-state index contributed by atoms with van der Waals surface area (Å²) in [5.41, 5.74) is 2.80. The third-order valence-electron chi connectivity index (χ3n) is 5.35. The van der Waals surface area contributed by atoms with E-state index in [9.17, 15) is 19.7 Å². The average Bonchev–Trinajstić information content (AvgIpc) is 2.87. The van der Waals surface area contributed by atoms with E-state index in [-0.39, 0.29) is 16.9 Å². The van der Waals surface area contributed by atoms with Crippen molar-refractivity contribution < 1.29 is 24.0 Å². The molecule has 3 aromatic carbocycles. The van der Waals surface area contributed by atoms with Gasteiger partial charge >= 0.3 is 5.97 Å². The van der Waals surface area contributed by atoms with E-state index in [4.69, 9.17) is 9.47 Å². The van der Waals surface area contributed by atoms with Gasteiger partial charge in [-0.2, -0.15) is 0 Å². The first-order valence-electron chi connectivity index (χ1n) is 10.6. The number of nitrogens with one attached hydrogen (secondary N) is 1. The lowest BCUT2D eigenvalue weighted by Gasteiger charge is -2.11. The fourth-order valence-electron chi connectivity index (χ4n) is 3.54. The number of aryl methyl sites for hydroxylation is 1. The Hall–Kier alpha value is -4.79. The lowest BCUT2D eigenvalue weighted by Crippen LogP contribution is -2.21. The van der Waals surface area contributed by atoms with E-state index in [1.54, 1.807) is 56.5 Å². The van der Waals surface area contributed by atoms with Crippen molar-refractivity contribution in [1.29, 1.82) is 0 Å². The summed E-state index contributed by atoms with van der Waals surface area (Å²) < 4.78 is 10.5. The number of rotatable bonds is 7. The fraction of sp³-hybridized carbons (Fsp3) is 0.115. The molecule has 1 N–H and O–H groups in total. The maximum absolute atomic E-state index is 12.9. The van der Waals surface area contributed by atoms with Gasteiger partial charge in [0.15, 0.2) is 6.61 Å². The Labute approximate surface area is 200 Å². The van der Waals surface area contributed by atoms with Crippen molar-refractivity contribution in [3.05, 3.63) is 94.0 Å². The molecule has 0 aliphatic rings. The average molecular weight is 471 g/mol. The highest BCUT2D eigenvalue weighted by atomic mass is 16.6. The number of esters is 1. The van der Waals surface area contributed by atoms with Crippen LogP contribution in [0.25, 0.3) is 22.2 Å². The normalized spacial score (nSPS) is 10.6. The van der Waals surface area contributed by atoms with Crippen molar-refractivity contribution >= 4 is 34.2 Å². The lowest BCUT2D eigenvalue weighted by molar-refractivity contribution is -0.385. The second-order valence-electron chi connectivity index (χ2n) is 7.68. The van der Waals surface area contributed by atoms with E-state index >= 15 is 0 Å². The summed E-state index contributed by atoms with van der Waals surface area (Å²) in [5, 5.41) is 14.2. The van der Waals surface area contributed by atoms with Crippen LogP contribution < -0.4 is 10.1 Å². The Kier molecular flexibility index (Phi) is 6.68. The van der Waals surface area contributed by atoms with Gasteiger partial charge < -0.3 is 14.8 Å². The number of carbonyl (C=O) groups is 2. The number of pyridine rings is 1. The zero-order chi connectivity index (χ0) is 24.9. The summed E-state index contributed by atoms with van der Waals surface area (Å²) in [7, 11) is 1.58. The number of para-hydroxylation sites is 1. The molecule has 4 rings (SSSR count). The molecule has 0 fully saturated rings. The number of carbonyl (C=O) groups excluding carboxylic acids is 2. The number of amides is 1. The molecule has 0 unspecified atom stereocenters. The number of ether oxygens (including phenoxy) is 2. The van der Waals surface area contributed by atoms with Crippen LogP contribution >= 0.6 is 0 Å². The highest BCUT2D eigenvalue weighted by molar-refractivity contribution is 6.05. The van der Waals surface area contributed by atoms with Crippen molar-refractivity contribution in [2.75, 3.05) is 19.0 Å². The van der Waals surface area contributed by atoms with Crippen LogP contribution in [0.1, 0.15) is 15.9 Å².